The van der Waals surface area contributed by atoms with Crippen LogP contribution in [-0.4, -0.2) is 97.5 Å². The molecule has 1 saturated heterocycles. The quantitative estimate of drug-likeness (QED) is 0.0197. The second-order valence-corrected chi connectivity index (χ2v) is 19.2. The summed E-state index contributed by atoms with van der Waals surface area (Å²) in [6.07, 6.45) is 38.2. The molecule has 1 heterocycles. The van der Waals surface area contributed by atoms with Gasteiger partial charge in [0.1, 0.15) is 30.5 Å². The van der Waals surface area contributed by atoms with Gasteiger partial charge in [0.25, 0.3) is 0 Å². The average molecular weight is 921 g/mol. The normalized spacial score (nSPS) is 19.9. The number of carbonyl (C=O) groups excluding carboxylic acids is 1. The fourth-order valence-electron chi connectivity index (χ4n) is 8.20. The third-order valence-corrected chi connectivity index (χ3v) is 12.6. The maximum atomic E-state index is 12.9. The van der Waals surface area contributed by atoms with E-state index in [0.29, 0.717) is 13.0 Å². The van der Waals surface area contributed by atoms with Crippen LogP contribution in [0.15, 0.2) is 12.2 Å². The van der Waals surface area contributed by atoms with E-state index in [1.54, 1.807) is 0 Å². The number of unbranched alkanes of at least 4 members (excludes halogenated alkanes) is 31. The van der Waals surface area contributed by atoms with Crippen LogP contribution in [0, 0.1) is 0 Å². The first-order chi connectivity index (χ1) is 30.6. The Bertz CT molecular complexity index is 1150. The number of esters is 1. The SMILES string of the molecule is CCCCCCC/C=C\CCCCCCCC(=O)OC(COCCCCCCCCCCCCCCCCCCCCCCCC)COC1OC(CO)C(O)C(OS(=O)(=O)O)C1O. The Morgan fingerprint density at radius 3 is 1.43 bits per heavy atom. The molecule has 4 N–H and O–H groups in total. The largest absolute Gasteiger partial charge is 0.457 e. The Morgan fingerprint density at radius 1 is 0.587 bits per heavy atom. The average Bonchev–Trinajstić information content (AvgIpc) is 3.26. The van der Waals surface area contributed by atoms with Crippen molar-refractivity contribution in [1.29, 1.82) is 0 Å². The molecular formula is C50H96O12S. The number of rotatable bonds is 46. The van der Waals surface area contributed by atoms with Crippen molar-refractivity contribution in [3.63, 3.8) is 0 Å². The summed E-state index contributed by atoms with van der Waals surface area (Å²) in [7, 11) is -5.06. The lowest BCUT2D eigenvalue weighted by molar-refractivity contribution is -0.301. The summed E-state index contributed by atoms with van der Waals surface area (Å²) >= 11 is 0. The van der Waals surface area contributed by atoms with Crippen LogP contribution in [0.5, 0.6) is 0 Å². The summed E-state index contributed by atoms with van der Waals surface area (Å²) in [5, 5.41) is 30.7. The van der Waals surface area contributed by atoms with Crippen LogP contribution in [0.25, 0.3) is 0 Å². The minimum absolute atomic E-state index is 0.0388. The zero-order chi connectivity index (χ0) is 46.1. The Kier molecular flexibility index (Phi) is 40.1. The van der Waals surface area contributed by atoms with E-state index in [9.17, 15) is 33.1 Å². The lowest BCUT2D eigenvalue weighted by Crippen LogP contribution is -2.60. The van der Waals surface area contributed by atoms with Gasteiger partial charge in [-0.1, -0.05) is 206 Å². The Labute approximate surface area is 385 Å². The van der Waals surface area contributed by atoms with Crippen LogP contribution in [0.2, 0.25) is 0 Å². The molecule has 0 aliphatic carbocycles. The summed E-state index contributed by atoms with van der Waals surface area (Å²) < 4.78 is 59.2. The van der Waals surface area contributed by atoms with Crippen LogP contribution in [-0.2, 0) is 38.3 Å². The molecule has 0 radical (unpaired) electrons. The molecule has 0 aromatic heterocycles. The highest BCUT2D eigenvalue weighted by Gasteiger charge is 2.48. The van der Waals surface area contributed by atoms with Gasteiger partial charge in [-0.3, -0.25) is 9.35 Å². The first kappa shape index (κ1) is 59.9. The summed E-state index contributed by atoms with van der Waals surface area (Å²) in [6, 6.07) is 0. The molecule has 1 fully saturated rings. The van der Waals surface area contributed by atoms with Crippen LogP contribution < -0.4 is 0 Å². The lowest BCUT2D eigenvalue weighted by atomic mass is 9.99. The van der Waals surface area contributed by atoms with Crippen LogP contribution in [0.1, 0.15) is 239 Å². The van der Waals surface area contributed by atoms with Crippen LogP contribution in [0.3, 0.4) is 0 Å². The molecule has 6 atom stereocenters. The maximum Gasteiger partial charge on any atom is 0.397 e. The van der Waals surface area contributed by atoms with Gasteiger partial charge in [-0.25, -0.2) is 4.18 Å². The van der Waals surface area contributed by atoms with Gasteiger partial charge < -0.3 is 34.3 Å². The van der Waals surface area contributed by atoms with Crippen molar-refractivity contribution >= 4 is 16.4 Å². The number of hydrogen-bond donors (Lipinski definition) is 4. The molecule has 0 saturated carbocycles. The van der Waals surface area contributed by atoms with Crippen molar-refractivity contribution in [2.75, 3.05) is 26.4 Å². The van der Waals surface area contributed by atoms with E-state index in [1.807, 2.05) is 0 Å². The topological polar surface area (TPSA) is 178 Å². The van der Waals surface area contributed by atoms with E-state index in [-0.39, 0.29) is 19.6 Å². The Hall–Kier alpha value is -1.16. The second kappa shape index (κ2) is 42.2. The summed E-state index contributed by atoms with van der Waals surface area (Å²) in [5.74, 6) is -0.403. The van der Waals surface area contributed by atoms with E-state index in [0.717, 1.165) is 57.8 Å². The number of allylic oxidation sites excluding steroid dienone is 2. The molecule has 1 rings (SSSR count). The van der Waals surface area contributed by atoms with E-state index < -0.39 is 59.8 Å². The highest BCUT2D eigenvalue weighted by molar-refractivity contribution is 7.80. The first-order valence-electron chi connectivity index (χ1n) is 25.9. The minimum atomic E-state index is -5.06. The Morgan fingerprint density at radius 2 is 1.00 bits per heavy atom. The molecule has 0 aromatic rings. The standard InChI is InChI=1S/C50H96O12S/c1-3-5-7-9-11-13-15-17-19-20-21-22-23-24-25-26-28-30-32-34-36-38-40-58-42-44(43-59-50-48(54)49(62-63(55,56)57)47(53)45(41-51)61-50)60-46(52)39-37-35-33-31-29-27-18-16-14-12-10-8-6-4-2/h16,18,44-45,47-51,53-54H,3-15,17,19-43H2,1-2H3,(H,55,56,57)/b18-16-. The van der Waals surface area contributed by atoms with Gasteiger partial charge in [0.05, 0.1) is 19.8 Å². The van der Waals surface area contributed by atoms with Crippen LogP contribution >= 0.6 is 0 Å². The van der Waals surface area contributed by atoms with Crippen molar-refractivity contribution in [3.8, 4) is 0 Å². The molecule has 374 valence electrons. The smallest absolute Gasteiger partial charge is 0.397 e. The molecule has 0 bridgehead atoms. The molecule has 1 aliphatic heterocycles. The summed E-state index contributed by atoms with van der Waals surface area (Å²) in [5.41, 5.74) is 0. The molecule has 0 aromatic carbocycles. The highest BCUT2D eigenvalue weighted by atomic mass is 32.3. The van der Waals surface area contributed by atoms with Gasteiger partial charge >= 0.3 is 16.4 Å². The third-order valence-electron chi connectivity index (χ3n) is 12.1. The van der Waals surface area contributed by atoms with Gasteiger partial charge in [-0.05, 0) is 38.5 Å². The van der Waals surface area contributed by atoms with Crippen molar-refractivity contribution in [2.24, 2.45) is 0 Å². The van der Waals surface area contributed by atoms with Crippen LogP contribution in [0.4, 0.5) is 0 Å². The van der Waals surface area contributed by atoms with E-state index in [4.69, 9.17) is 18.9 Å². The van der Waals surface area contributed by atoms with Gasteiger partial charge in [0, 0.05) is 13.0 Å². The number of aliphatic hydroxyl groups excluding tert-OH is 3. The first-order valence-corrected chi connectivity index (χ1v) is 27.3. The molecule has 0 spiro atoms. The van der Waals surface area contributed by atoms with Gasteiger partial charge in [-0.2, -0.15) is 8.42 Å². The summed E-state index contributed by atoms with van der Waals surface area (Å²) in [6.45, 7) is 4.02. The fraction of sp³-hybridized carbons (Fsp3) is 0.940. The second-order valence-electron chi connectivity index (χ2n) is 18.1. The van der Waals surface area contributed by atoms with Gasteiger partial charge in [0.15, 0.2) is 6.29 Å². The maximum absolute atomic E-state index is 12.9. The molecule has 12 nitrogen and oxygen atoms in total. The van der Waals surface area contributed by atoms with Crippen molar-refractivity contribution in [2.45, 2.75) is 275 Å². The van der Waals surface area contributed by atoms with Crippen molar-refractivity contribution < 1.29 is 56.2 Å². The molecular weight excluding hydrogens is 825 g/mol. The van der Waals surface area contributed by atoms with Gasteiger partial charge in [0.2, 0.25) is 0 Å². The fourth-order valence-corrected chi connectivity index (χ4v) is 8.71. The molecule has 63 heavy (non-hydrogen) atoms. The number of ether oxygens (including phenoxy) is 4. The predicted molar refractivity (Wildman–Crippen MR) is 253 cm³/mol. The number of carbonyl (C=O) groups is 1. The van der Waals surface area contributed by atoms with Crippen molar-refractivity contribution in [1.82, 2.24) is 0 Å². The molecule has 6 unspecified atom stereocenters. The third kappa shape index (κ3) is 35.7. The van der Waals surface area contributed by atoms with Gasteiger partial charge in [-0.15, -0.1) is 0 Å². The monoisotopic (exact) mass is 921 g/mol. The zero-order valence-electron chi connectivity index (χ0n) is 40.2. The Balaban J connectivity index is 2.32. The van der Waals surface area contributed by atoms with Crippen molar-refractivity contribution in [3.05, 3.63) is 12.2 Å². The number of hydrogen-bond acceptors (Lipinski definition) is 11. The summed E-state index contributed by atoms with van der Waals surface area (Å²) in [4.78, 5) is 12.9. The zero-order valence-corrected chi connectivity index (χ0v) is 41.0. The minimum Gasteiger partial charge on any atom is -0.457 e. The molecule has 1 aliphatic rings. The predicted octanol–water partition coefficient (Wildman–Crippen LogP) is 11.8. The van der Waals surface area contributed by atoms with E-state index >= 15 is 0 Å². The molecule has 0 amide bonds. The highest BCUT2D eigenvalue weighted by Crippen LogP contribution is 2.26. The lowest BCUT2D eigenvalue weighted by Gasteiger charge is -2.41. The van der Waals surface area contributed by atoms with E-state index in [1.165, 1.54) is 154 Å². The van der Waals surface area contributed by atoms with E-state index in [2.05, 4.69) is 30.2 Å². The molecule has 13 heteroatoms. The number of aliphatic hydroxyl groups is 3.